The van der Waals surface area contributed by atoms with Crippen LogP contribution in [0, 0.1) is 5.92 Å². The number of rotatable bonds is 14. The van der Waals surface area contributed by atoms with Crippen molar-refractivity contribution in [3.05, 3.63) is 71.8 Å². The zero-order valence-electron chi connectivity index (χ0n) is 23.6. The molecular formula is C33H48O5. The summed E-state index contributed by atoms with van der Waals surface area (Å²) in [6.45, 7) is 7.34. The summed E-state index contributed by atoms with van der Waals surface area (Å²) in [5.74, 6) is -0.572. The first-order valence-corrected chi connectivity index (χ1v) is 14.8. The van der Waals surface area contributed by atoms with Gasteiger partial charge in [-0.15, -0.1) is 0 Å². The fourth-order valence-corrected chi connectivity index (χ4v) is 6.04. The van der Waals surface area contributed by atoms with Crippen molar-refractivity contribution in [3.63, 3.8) is 0 Å². The second-order valence-corrected chi connectivity index (χ2v) is 11.5. The van der Waals surface area contributed by atoms with E-state index in [-0.39, 0.29) is 30.3 Å². The number of hydrogen-bond donors (Lipinski definition) is 1. The van der Waals surface area contributed by atoms with E-state index in [1.807, 2.05) is 50.2 Å². The summed E-state index contributed by atoms with van der Waals surface area (Å²) in [6, 6.07) is 20.5. The van der Waals surface area contributed by atoms with Gasteiger partial charge in [0, 0.05) is 5.92 Å². The minimum atomic E-state index is -0.577. The average molecular weight is 525 g/mol. The Morgan fingerprint density at radius 1 is 0.737 bits per heavy atom. The molecule has 1 saturated carbocycles. The van der Waals surface area contributed by atoms with E-state index in [0.29, 0.717) is 13.2 Å². The Labute approximate surface area is 229 Å². The molecule has 2 aromatic rings. The summed E-state index contributed by atoms with van der Waals surface area (Å²) in [7, 11) is 0. The van der Waals surface area contributed by atoms with Gasteiger partial charge in [0.05, 0.1) is 43.7 Å². The highest BCUT2D eigenvalue weighted by atomic mass is 16.7. The SMILES string of the molecule is CCCCCC[C@@H]1OC(C)(C)O[C@H]1CC[C@H]1[C@H](O)[C@@H](OCc2ccccc2)CC[C@H]1OCc1ccccc1. The number of aliphatic hydroxyl groups is 1. The lowest BCUT2D eigenvalue weighted by molar-refractivity contribution is -0.154. The minimum Gasteiger partial charge on any atom is -0.390 e. The monoisotopic (exact) mass is 524 g/mol. The number of aliphatic hydroxyl groups excluding tert-OH is 1. The van der Waals surface area contributed by atoms with Crippen molar-refractivity contribution < 1.29 is 24.1 Å². The standard InChI is InChI=1S/C33H48O5/c1-4-5-6-13-18-29-30(38-33(2,3)37-29)20-19-27-28(35-23-25-14-9-7-10-15-25)21-22-31(32(27)34)36-24-26-16-11-8-12-17-26/h7-12,14-17,27-32,34H,4-6,13,18-24H2,1-3H3/t27-,28-,29+,30+,31+,32+/m1/s1. The van der Waals surface area contributed by atoms with Crippen LogP contribution in [-0.2, 0) is 32.2 Å². The third-order valence-electron chi connectivity index (χ3n) is 8.06. The summed E-state index contributed by atoms with van der Waals surface area (Å²) in [5.41, 5.74) is 2.29. The highest BCUT2D eigenvalue weighted by Crippen LogP contribution is 2.38. The van der Waals surface area contributed by atoms with Crippen LogP contribution in [0.1, 0.15) is 89.7 Å². The Balaban J connectivity index is 1.39. The molecule has 1 N–H and O–H groups in total. The first-order valence-electron chi connectivity index (χ1n) is 14.8. The normalized spacial score (nSPS) is 28.9. The van der Waals surface area contributed by atoms with Crippen LogP contribution in [0.4, 0.5) is 0 Å². The third-order valence-corrected chi connectivity index (χ3v) is 8.06. The Bertz CT molecular complexity index is 917. The highest BCUT2D eigenvalue weighted by Gasteiger charge is 2.44. The van der Waals surface area contributed by atoms with Gasteiger partial charge < -0.3 is 24.1 Å². The molecule has 5 heteroatoms. The van der Waals surface area contributed by atoms with Crippen LogP contribution in [0.15, 0.2) is 60.7 Å². The first-order chi connectivity index (χ1) is 18.4. The molecule has 1 saturated heterocycles. The van der Waals surface area contributed by atoms with E-state index >= 15 is 0 Å². The third kappa shape index (κ3) is 8.62. The Morgan fingerprint density at radius 3 is 1.89 bits per heavy atom. The fraction of sp³-hybridized carbons (Fsp3) is 0.636. The van der Waals surface area contributed by atoms with Crippen LogP contribution in [-0.4, -0.2) is 41.4 Å². The maximum absolute atomic E-state index is 11.5. The van der Waals surface area contributed by atoms with Gasteiger partial charge in [0.25, 0.3) is 0 Å². The second kappa shape index (κ2) is 14.6. The summed E-state index contributed by atoms with van der Waals surface area (Å²) in [4.78, 5) is 0. The molecule has 38 heavy (non-hydrogen) atoms. The molecule has 2 aromatic carbocycles. The van der Waals surface area contributed by atoms with Gasteiger partial charge in [0.1, 0.15) is 0 Å². The van der Waals surface area contributed by atoms with Gasteiger partial charge in [-0.2, -0.15) is 0 Å². The molecular weight excluding hydrogens is 476 g/mol. The Kier molecular flexibility index (Phi) is 11.2. The summed E-state index contributed by atoms with van der Waals surface area (Å²) in [5, 5.41) is 11.5. The summed E-state index contributed by atoms with van der Waals surface area (Å²) >= 11 is 0. The van der Waals surface area contributed by atoms with Crippen LogP contribution in [0.3, 0.4) is 0 Å². The van der Waals surface area contributed by atoms with Crippen molar-refractivity contribution >= 4 is 0 Å². The molecule has 1 aliphatic carbocycles. The molecule has 0 amide bonds. The number of hydrogen-bond acceptors (Lipinski definition) is 5. The van der Waals surface area contributed by atoms with Gasteiger partial charge in [0.15, 0.2) is 5.79 Å². The van der Waals surface area contributed by atoms with Crippen molar-refractivity contribution in [2.24, 2.45) is 5.92 Å². The van der Waals surface area contributed by atoms with Crippen LogP contribution in [0.25, 0.3) is 0 Å². The van der Waals surface area contributed by atoms with Gasteiger partial charge in [-0.05, 0) is 57.1 Å². The zero-order chi connectivity index (χ0) is 26.8. The molecule has 0 radical (unpaired) electrons. The topological polar surface area (TPSA) is 57.2 Å². The highest BCUT2D eigenvalue weighted by molar-refractivity contribution is 5.14. The van der Waals surface area contributed by atoms with E-state index in [2.05, 4.69) is 31.2 Å². The Morgan fingerprint density at radius 2 is 1.29 bits per heavy atom. The molecule has 0 bridgehead atoms. The molecule has 0 unspecified atom stereocenters. The molecule has 2 aliphatic rings. The lowest BCUT2D eigenvalue weighted by Crippen LogP contribution is -2.47. The van der Waals surface area contributed by atoms with Crippen LogP contribution >= 0.6 is 0 Å². The van der Waals surface area contributed by atoms with Crippen molar-refractivity contribution in [3.8, 4) is 0 Å². The predicted molar refractivity (Wildman–Crippen MR) is 151 cm³/mol. The second-order valence-electron chi connectivity index (χ2n) is 11.5. The molecule has 6 atom stereocenters. The number of ether oxygens (including phenoxy) is 4. The summed E-state index contributed by atoms with van der Waals surface area (Å²) < 4.78 is 25.4. The Hall–Kier alpha value is -1.76. The van der Waals surface area contributed by atoms with E-state index < -0.39 is 11.9 Å². The van der Waals surface area contributed by atoms with Crippen LogP contribution < -0.4 is 0 Å². The first kappa shape index (κ1) is 29.2. The zero-order valence-corrected chi connectivity index (χ0v) is 23.6. The van der Waals surface area contributed by atoms with E-state index in [4.69, 9.17) is 18.9 Å². The largest absolute Gasteiger partial charge is 0.390 e. The van der Waals surface area contributed by atoms with Gasteiger partial charge >= 0.3 is 0 Å². The van der Waals surface area contributed by atoms with Gasteiger partial charge in [-0.25, -0.2) is 0 Å². The molecule has 2 fully saturated rings. The average Bonchev–Trinajstić information content (AvgIpc) is 3.23. The number of benzene rings is 2. The molecule has 1 heterocycles. The van der Waals surface area contributed by atoms with E-state index in [1.165, 1.54) is 25.7 Å². The lowest BCUT2D eigenvalue weighted by Gasteiger charge is -2.40. The molecule has 0 aromatic heterocycles. The molecule has 5 nitrogen and oxygen atoms in total. The maximum Gasteiger partial charge on any atom is 0.163 e. The van der Waals surface area contributed by atoms with E-state index in [1.54, 1.807) is 0 Å². The van der Waals surface area contributed by atoms with Crippen LogP contribution in [0.5, 0.6) is 0 Å². The van der Waals surface area contributed by atoms with Gasteiger partial charge in [-0.1, -0.05) is 93.3 Å². The van der Waals surface area contributed by atoms with E-state index in [9.17, 15) is 5.11 Å². The van der Waals surface area contributed by atoms with E-state index in [0.717, 1.165) is 43.2 Å². The molecule has 0 spiro atoms. The van der Waals surface area contributed by atoms with Crippen molar-refractivity contribution in [2.75, 3.05) is 0 Å². The molecule has 210 valence electrons. The lowest BCUT2D eigenvalue weighted by atomic mass is 9.78. The fourth-order valence-electron chi connectivity index (χ4n) is 6.04. The molecule has 4 rings (SSSR count). The summed E-state index contributed by atoms with van der Waals surface area (Å²) in [6.07, 6.45) is 8.62. The molecule has 1 aliphatic heterocycles. The van der Waals surface area contributed by atoms with Crippen LogP contribution in [0.2, 0.25) is 0 Å². The predicted octanol–water partition coefficient (Wildman–Crippen LogP) is 7.20. The minimum absolute atomic E-state index is 0.0127. The van der Waals surface area contributed by atoms with Crippen molar-refractivity contribution in [2.45, 2.75) is 128 Å². The number of unbranched alkanes of at least 4 members (excludes halogenated alkanes) is 3. The van der Waals surface area contributed by atoms with Gasteiger partial charge in [0.2, 0.25) is 0 Å². The van der Waals surface area contributed by atoms with Gasteiger partial charge in [-0.3, -0.25) is 0 Å². The van der Waals surface area contributed by atoms with Crippen molar-refractivity contribution in [1.82, 2.24) is 0 Å². The smallest absolute Gasteiger partial charge is 0.163 e. The maximum atomic E-state index is 11.5. The van der Waals surface area contributed by atoms with Crippen molar-refractivity contribution in [1.29, 1.82) is 0 Å². The quantitative estimate of drug-likeness (QED) is 0.265.